The lowest BCUT2D eigenvalue weighted by molar-refractivity contribution is -0.137. The Kier molecular flexibility index (Phi) is 4.52. The minimum atomic E-state index is -0.112. The summed E-state index contributed by atoms with van der Waals surface area (Å²) in [6.07, 6.45) is 4.32. The zero-order valence-electron chi connectivity index (χ0n) is 12.6. The van der Waals surface area contributed by atoms with Gasteiger partial charge in [-0.2, -0.15) is 10.4 Å². The normalized spacial score (nSPS) is 17.5. The number of benzene rings is 1. The van der Waals surface area contributed by atoms with Gasteiger partial charge in [-0.15, -0.1) is 0 Å². The lowest BCUT2D eigenvalue weighted by Crippen LogP contribution is -2.41. The van der Waals surface area contributed by atoms with Gasteiger partial charge in [0.15, 0.2) is 6.61 Å². The van der Waals surface area contributed by atoms with E-state index in [0.717, 1.165) is 19.3 Å². The van der Waals surface area contributed by atoms with Crippen molar-refractivity contribution < 1.29 is 9.53 Å². The summed E-state index contributed by atoms with van der Waals surface area (Å²) in [4.78, 5) is 18.5. The molecule has 1 aromatic heterocycles. The van der Waals surface area contributed by atoms with Crippen LogP contribution in [0.5, 0.6) is 5.75 Å². The number of nitrogens with zero attached hydrogens (tertiary/aromatic N) is 4. The number of H-pyrrole nitrogens is 1. The maximum absolute atomic E-state index is 12.5. The summed E-state index contributed by atoms with van der Waals surface area (Å²) in [5.41, 5.74) is 0.422. The van der Waals surface area contributed by atoms with Gasteiger partial charge in [0, 0.05) is 6.54 Å². The summed E-state index contributed by atoms with van der Waals surface area (Å²) < 4.78 is 5.55. The monoisotopic (exact) mass is 311 g/mol. The van der Waals surface area contributed by atoms with Crippen LogP contribution in [0.4, 0.5) is 0 Å². The molecule has 2 aromatic rings. The fourth-order valence-electron chi connectivity index (χ4n) is 2.80. The van der Waals surface area contributed by atoms with E-state index in [4.69, 9.17) is 10.00 Å². The van der Waals surface area contributed by atoms with Gasteiger partial charge in [0.05, 0.1) is 11.6 Å². The maximum atomic E-state index is 12.5. The third kappa shape index (κ3) is 3.31. The van der Waals surface area contributed by atoms with Gasteiger partial charge >= 0.3 is 0 Å². The molecule has 1 saturated heterocycles. The van der Waals surface area contributed by atoms with E-state index < -0.39 is 0 Å². The predicted molar refractivity (Wildman–Crippen MR) is 81.3 cm³/mol. The van der Waals surface area contributed by atoms with E-state index >= 15 is 0 Å². The Morgan fingerprint density at radius 1 is 1.43 bits per heavy atom. The molecule has 1 N–H and O–H groups in total. The van der Waals surface area contributed by atoms with Gasteiger partial charge in [0.25, 0.3) is 5.91 Å². The molecule has 1 aromatic carbocycles. The molecule has 7 nitrogen and oxygen atoms in total. The number of aromatic amines is 1. The number of amides is 1. The van der Waals surface area contributed by atoms with Crippen LogP contribution in [0.2, 0.25) is 0 Å². The summed E-state index contributed by atoms with van der Waals surface area (Å²) in [5.74, 6) is 1.02. The van der Waals surface area contributed by atoms with Crippen molar-refractivity contribution in [2.45, 2.75) is 25.3 Å². The first kappa shape index (κ1) is 15.0. The molecule has 7 heteroatoms. The zero-order chi connectivity index (χ0) is 16.1. The van der Waals surface area contributed by atoms with Crippen LogP contribution in [-0.4, -0.2) is 39.1 Å². The van der Waals surface area contributed by atoms with E-state index in [2.05, 4.69) is 21.3 Å². The first-order valence-corrected chi connectivity index (χ1v) is 7.56. The van der Waals surface area contributed by atoms with Crippen molar-refractivity contribution in [2.24, 2.45) is 0 Å². The van der Waals surface area contributed by atoms with Crippen molar-refractivity contribution in [2.75, 3.05) is 13.2 Å². The average molecular weight is 311 g/mol. The highest BCUT2D eigenvalue weighted by Crippen LogP contribution is 2.28. The maximum Gasteiger partial charge on any atom is 0.261 e. The van der Waals surface area contributed by atoms with Crippen molar-refractivity contribution in [3.8, 4) is 11.8 Å². The van der Waals surface area contributed by atoms with Gasteiger partial charge in [-0.25, -0.2) is 4.98 Å². The standard InChI is InChI=1S/C16H17N5O2/c17-9-12-5-1-2-7-14(12)23-10-15(22)21-8-4-3-6-13(21)16-18-11-19-20-16/h1-2,5,7,11,13H,3-4,6,8,10H2,(H,18,19,20). The molecule has 1 aliphatic rings. The van der Waals surface area contributed by atoms with Crippen LogP contribution in [0, 0.1) is 11.3 Å². The van der Waals surface area contributed by atoms with Crippen molar-refractivity contribution >= 4 is 5.91 Å². The highest BCUT2D eigenvalue weighted by atomic mass is 16.5. The SMILES string of the molecule is N#Cc1ccccc1OCC(=O)N1CCCCC1c1ncn[nH]1. The van der Waals surface area contributed by atoms with Crippen LogP contribution < -0.4 is 4.74 Å². The van der Waals surface area contributed by atoms with Gasteiger partial charge < -0.3 is 9.64 Å². The van der Waals surface area contributed by atoms with Crippen molar-refractivity contribution in [1.82, 2.24) is 20.1 Å². The summed E-state index contributed by atoms with van der Waals surface area (Å²) in [6.45, 7) is 0.580. The van der Waals surface area contributed by atoms with Gasteiger partial charge in [-0.3, -0.25) is 9.89 Å². The molecule has 0 aliphatic carbocycles. The number of carbonyl (C=O) groups is 1. The van der Waals surface area contributed by atoms with Crippen molar-refractivity contribution in [3.63, 3.8) is 0 Å². The Bertz CT molecular complexity index is 708. The van der Waals surface area contributed by atoms with Gasteiger partial charge in [0.1, 0.15) is 24.0 Å². The minimum Gasteiger partial charge on any atom is -0.482 e. The topological polar surface area (TPSA) is 94.9 Å². The van der Waals surface area contributed by atoms with Crippen LogP contribution in [-0.2, 0) is 4.79 Å². The smallest absolute Gasteiger partial charge is 0.261 e. The fourth-order valence-corrected chi connectivity index (χ4v) is 2.80. The average Bonchev–Trinajstić information content (AvgIpc) is 3.14. The largest absolute Gasteiger partial charge is 0.482 e. The van der Waals surface area contributed by atoms with Crippen molar-refractivity contribution in [3.05, 3.63) is 42.0 Å². The Balaban J connectivity index is 1.68. The molecular formula is C16H17N5O2. The van der Waals surface area contributed by atoms with E-state index in [1.165, 1.54) is 6.33 Å². The van der Waals surface area contributed by atoms with E-state index in [1.807, 2.05) is 0 Å². The number of para-hydroxylation sites is 1. The van der Waals surface area contributed by atoms with Gasteiger partial charge in [-0.05, 0) is 31.4 Å². The molecule has 1 fully saturated rings. The summed E-state index contributed by atoms with van der Waals surface area (Å²) in [7, 11) is 0. The third-order valence-corrected chi connectivity index (χ3v) is 3.93. The van der Waals surface area contributed by atoms with Gasteiger partial charge in [-0.1, -0.05) is 12.1 Å². The minimum absolute atomic E-state index is 0.0893. The Hall–Kier alpha value is -2.88. The molecule has 0 saturated carbocycles. The quantitative estimate of drug-likeness (QED) is 0.929. The molecule has 1 amide bonds. The summed E-state index contributed by atoms with van der Waals surface area (Å²) in [6, 6.07) is 8.86. The van der Waals surface area contributed by atoms with Crippen LogP contribution >= 0.6 is 0 Å². The predicted octanol–water partition coefficient (Wildman–Crippen LogP) is 1.81. The van der Waals surface area contributed by atoms with Crippen LogP contribution in [0.1, 0.15) is 36.7 Å². The Morgan fingerprint density at radius 3 is 3.09 bits per heavy atom. The highest BCUT2D eigenvalue weighted by molar-refractivity contribution is 5.78. The van der Waals surface area contributed by atoms with Crippen LogP contribution in [0.3, 0.4) is 0 Å². The number of hydrogen-bond donors (Lipinski definition) is 1. The lowest BCUT2D eigenvalue weighted by atomic mass is 10.0. The van der Waals surface area contributed by atoms with Crippen LogP contribution in [0.15, 0.2) is 30.6 Å². The van der Waals surface area contributed by atoms with Gasteiger partial charge in [0.2, 0.25) is 0 Å². The molecule has 0 radical (unpaired) electrons. The Labute approximate surface area is 133 Å². The van der Waals surface area contributed by atoms with E-state index in [9.17, 15) is 4.79 Å². The number of rotatable bonds is 4. The number of likely N-dealkylation sites (tertiary alicyclic amines) is 1. The van der Waals surface area contributed by atoms with Crippen molar-refractivity contribution in [1.29, 1.82) is 5.26 Å². The Morgan fingerprint density at radius 2 is 2.30 bits per heavy atom. The molecule has 2 heterocycles. The second-order valence-electron chi connectivity index (χ2n) is 5.37. The molecule has 1 aliphatic heterocycles. The third-order valence-electron chi connectivity index (χ3n) is 3.93. The number of nitriles is 1. The highest BCUT2D eigenvalue weighted by Gasteiger charge is 2.30. The zero-order valence-corrected chi connectivity index (χ0v) is 12.6. The number of ether oxygens (including phenoxy) is 1. The molecule has 23 heavy (non-hydrogen) atoms. The molecule has 3 rings (SSSR count). The van der Waals surface area contributed by atoms with E-state index in [0.29, 0.717) is 23.7 Å². The number of piperidine rings is 1. The second kappa shape index (κ2) is 6.92. The molecule has 118 valence electrons. The lowest BCUT2D eigenvalue weighted by Gasteiger charge is -2.34. The number of nitrogens with one attached hydrogen (secondary N) is 1. The summed E-state index contributed by atoms with van der Waals surface area (Å²) in [5, 5.41) is 15.8. The number of carbonyl (C=O) groups excluding carboxylic acids is 1. The molecular weight excluding hydrogens is 294 g/mol. The van der Waals surface area contributed by atoms with Crippen LogP contribution in [0.25, 0.3) is 0 Å². The first-order valence-electron chi connectivity index (χ1n) is 7.56. The fraction of sp³-hybridized carbons (Fsp3) is 0.375. The number of hydrogen-bond acceptors (Lipinski definition) is 5. The molecule has 1 atom stereocenters. The van der Waals surface area contributed by atoms with E-state index in [1.54, 1.807) is 29.2 Å². The molecule has 0 spiro atoms. The van der Waals surface area contributed by atoms with E-state index in [-0.39, 0.29) is 18.6 Å². The second-order valence-corrected chi connectivity index (χ2v) is 5.37. The number of aromatic nitrogens is 3. The molecule has 0 bridgehead atoms. The molecule has 1 unspecified atom stereocenters. The first-order chi connectivity index (χ1) is 11.3. The summed E-state index contributed by atoms with van der Waals surface area (Å²) >= 11 is 0.